The molecule has 1 aromatic carbocycles. The fraction of sp³-hybridized carbons (Fsp3) is 0.273. The molecule has 0 unspecified atom stereocenters. The zero-order chi connectivity index (χ0) is 11.4. The molecule has 1 aromatic heterocycles. The minimum Gasteiger partial charge on any atom is -0.443 e. The molecule has 0 saturated carbocycles. The largest absolute Gasteiger partial charge is 0.443 e. The van der Waals surface area contributed by atoms with Crippen molar-refractivity contribution < 1.29 is 9.21 Å². The Morgan fingerprint density at radius 1 is 1.50 bits per heavy atom. The molecular weight excluding hydrogens is 206 g/mol. The summed E-state index contributed by atoms with van der Waals surface area (Å²) in [6.07, 6.45) is 3.45. The molecule has 0 aliphatic heterocycles. The number of hydrogen-bond donors (Lipinski definition) is 2. The Hall–Kier alpha value is -1.88. The van der Waals surface area contributed by atoms with Gasteiger partial charge in [-0.25, -0.2) is 10.8 Å². The second-order valence-corrected chi connectivity index (χ2v) is 3.58. The predicted octanol–water partition coefficient (Wildman–Crippen LogP) is 1.14. The van der Waals surface area contributed by atoms with E-state index in [1.807, 2.05) is 18.2 Å². The third-order valence-corrected chi connectivity index (χ3v) is 2.43. The van der Waals surface area contributed by atoms with E-state index in [0.29, 0.717) is 6.42 Å². The first-order chi connectivity index (χ1) is 7.79. The molecular formula is C11H13N3O2. The number of carbonyl (C=O) groups excluding carboxylic acids is 1. The van der Waals surface area contributed by atoms with Crippen molar-refractivity contribution >= 4 is 17.0 Å². The fourth-order valence-corrected chi connectivity index (χ4v) is 1.58. The molecule has 0 fully saturated rings. The Bertz CT molecular complexity index is 493. The minimum atomic E-state index is -0.138. The highest BCUT2D eigenvalue weighted by Crippen LogP contribution is 2.15. The number of nitrogens with one attached hydrogen (secondary N) is 1. The third-order valence-electron chi connectivity index (χ3n) is 2.43. The Balaban J connectivity index is 1.96. The van der Waals surface area contributed by atoms with Gasteiger partial charge in [-0.1, -0.05) is 6.07 Å². The van der Waals surface area contributed by atoms with Crippen molar-refractivity contribution in [3.63, 3.8) is 0 Å². The van der Waals surface area contributed by atoms with Gasteiger partial charge < -0.3 is 4.42 Å². The van der Waals surface area contributed by atoms with Crippen molar-refractivity contribution in [3.8, 4) is 0 Å². The van der Waals surface area contributed by atoms with Crippen LogP contribution in [0.2, 0.25) is 0 Å². The van der Waals surface area contributed by atoms with Crippen LogP contribution in [0.3, 0.4) is 0 Å². The van der Waals surface area contributed by atoms with Gasteiger partial charge in [-0.2, -0.15) is 0 Å². The number of benzene rings is 1. The summed E-state index contributed by atoms with van der Waals surface area (Å²) in [4.78, 5) is 14.9. The molecule has 0 aliphatic rings. The summed E-state index contributed by atoms with van der Waals surface area (Å²) in [5.74, 6) is 4.85. The van der Waals surface area contributed by atoms with Crippen molar-refractivity contribution in [3.05, 3.63) is 30.2 Å². The molecule has 0 saturated heterocycles. The van der Waals surface area contributed by atoms with E-state index < -0.39 is 0 Å². The Labute approximate surface area is 92.6 Å². The van der Waals surface area contributed by atoms with Gasteiger partial charge in [-0.3, -0.25) is 10.2 Å². The first-order valence-electron chi connectivity index (χ1n) is 5.11. The molecule has 2 aromatic rings. The number of oxazole rings is 1. The molecule has 2 rings (SSSR count). The standard InChI is InChI=1S/C11H13N3O2/c12-14-11(15)3-1-2-8-4-5-9-10(6-8)16-7-13-9/h4-7H,1-3,12H2,(H,14,15). The Kier molecular flexibility index (Phi) is 3.16. The molecule has 1 heterocycles. The smallest absolute Gasteiger partial charge is 0.233 e. The van der Waals surface area contributed by atoms with Crippen LogP contribution >= 0.6 is 0 Å². The molecule has 5 nitrogen and oxygen atoms in total. The van der Waals surface area contributed by atoms with Gasteiger partial charge in [0.1, 0.15) is 5.52 Å². The fourth-order valence-electron chi connectivity index (χ4n) is 1.58. The van der Waals surface area contributed by atoms with Crippen molar-refractivity contribution in [1.82, 2.24) is 10.4 Å². The Morgan fingerprint density at radius 2 is 2.38 bits per heavy atom. The molecule has 0 spiro atoms. The topological polar surface area (TPSA) is 81.1 Å². The van der Waals surface area contributed by atoms with E-state index in [4.69, 9.17) is 10.3 Å². The number of hydrogen-bond acceptors (Lipinski definition) is 4. The number of fused-ring (bicyclic) bond motifs is 1. The molecule has 0 atom stereocenters. The second kappa shape index (κ2) is 4.76. The van der Waals surface area contributed by atoms with Gasteiger partial charge in [0.25, 0.3) is 0 Å². The van der Waals surface area contributed by atoms with Crippen LogP contribution in [0.4, 0.5) is 0 Å². The maximum atomic E-state index is 10.9. The van der Waals surface area contributed by atoms with Gasteiger partial charge in [0, 0.05) is 6.42 Å². The van der Waals surface area contributed by atoms with Gasteiger partial charge in [-0.05, 0) is 30.5 Å². The van der Waals surface area contributed by atoms with Crippen LogP contribution in [-0.2, 0) is 11.2 Å². The number of hydrazine groups is 1. The van der Waals surface area contributed by atoms with Crippen LogP contribution in [-0.4, -0.2) is 10.9 Å². The van der Waals surface area contributed by atoms with E-state index in [-0.39, 0.29) is 5.91 Å². The summed E-state index contributed by atoms with van der Waals surface area (Å²) in [6.45, 7) is 0. The van der Waals surface area contributed by atoms with Crippen LogP contribution in [0.15, 0.2) is 29.0 Å². The van der Waals surface area contributed by atoms with Crippen LogP contribution in [0.25, 0.3) is 11.1 Å². The van der Waals surface area contributed by atoms with E-state index in [1.54, 1.807) is 0 Å². The van der Waals surface area contributed by atoms with E-state index in [9.17, 15) is 4.79 Å². The van der Waals surface area contributed by atoms with Gasteiger partial charge in [0.05, 0.1) is 0 Å². The summed E-state index contributed by atoms with van der Waals surface area (Å²) in [7, 11) is 0. The Morgan fingerprint density at radius 3 is 3.19 bits per heavy atom. The lowest BCUT2D eigenvalue weighted by molar-refractivity contribution is -0.121. The van der Waals surface area contributed by atoms with E-state index in [2.05, 4.69) is 10.4 Å². The first-order valence-corrected chi connectivity index (χ1v) is 5.11. The van der Waals surface area contributed by atoms with E-state index >= 15 is 0 Å². The van der Waals surface area contributed by atoms with Gasteiger partial charge in [0.15, 0.2) is 12.0 Å². The SMILES string of the molecule is NNC(=O)CCCc1ccc2ncoc2c1. The lowest BCUT2D eigenvalue weighted by Crippen LogP contribution is -2.29. The highest BCUT2D eigenvalue weighted by molar-refractivity contribution is 5.75. The number of aryl methyl sites for hydroxylation is 1. The minimum absolute atomic E-state index is 0.138. The van der Waals surface area contributed by atoms with Gasteiger partial charge >= 0.3 is 0 Å². The summed E-state index contributed by atoms with van der Waals surface area (Å²) in [6, 6.07) is 5.85. The normalized spacial score (nSPS) is 10.6. The van der Waals surface area contributed by atoms with E-state index in [1.165, 1.54) is 6.39 Å². The van der Waals surface area contributed by atoms with Crippen molar-refractivity contribution in [1.29, 1.82) is 0 Å². The molecule has 1 amide bonds. The number of amides is 1. The molecule has 0 aliphatic carbocycles. The zero-order valence-corrected chi connectivity index (χ0v) is 8.77. The predicted molar refractivity (Wildman–Crippen MR) is 59.3 cm³/mol. The maximum Gasteiger partial charge on any atom is 0.233 e. The van der Waals surface area contributed by atoms with Crippen LogP contribution in [0.1, 0.15) is 18.4 Å². The maximum absolute atomic E-state index is 10.9. The van der Waals surface area contributed by atoms with Crippen molar-refractivity contribution in [2.24, 2.45) is 5.84 Å². The van der Waals surface area contributed by atoms with Crippen molar-refractivity contribution in [2.45, 2.75) is 19.3 Å². The zero-order valence-electron chi connectivity index (χ0n) is 8.77. The molecule has 84 valence electrons. The number of rotatable bonds is 4. The first kappa shape index (κ1) is 10.6. The summed E-state index contributed by atoms with van der Waals surface area (Å²) < 4.78 is 5.20. The van der Waals surface area contributed by atoms with E-state index in [0.717, 1.165) is 29.5 Å². The number of nitrogens with zero attached hydrogens (tertiary/aromatic N) is 1. The number of nitrogens with two attached hydrogens (primary N) is 1. The molecule has 0 radical (unpaired) electrons. The molecule has 16 heavy (non-hydrogen) atoms. The lowest BCUT2D eigenvalue weighted by atomic mass is 10.1. The summed E-state index contributed by atoms with van der Waals surface area (Å²) >= 11 is 0. The van der Waals surface area contributed by atoms with Crippen LogP contribution in [0, 0.1) is 0 Å². The third kappa shape index (κ3) is 2.38. The summed E-state index contributed by atoms with van der Waals surface area (Å²) in [5, 5.41) is 0. The summed E-state index contributed by atoms with van der Waals surface area (Å²) in [5.41, 5.74) is 4.87. The monoisotopic (exact) mass is 219 g/mol. The molecule has 5 heteroatoms. The number of carbonyl (C=O) groups is 1. The second-order valence-electron chi connectivity index (χ2n) is 3.58. The highest BCUT2D eigenvalue weighted by atomic mass is 16.3. The van der Waals surface area contributed by atoms with Gasteiger partial charge in [0.2, 0.25) is 5.91 Å². The van der Waals surface area contributed by atoms with Crippen LogP contribution in [0.5, 0.6) is 0 Å². The van der Waals surface area contributed by atoms with Crippen molar-refractivity contribution in [2.75, 3.05) is 0 Å². The average molecular weight is 219 g/mol. The average Bonchev–Trinajstić information content (AvgIpc) is 2.76. The molecule has 0 bridgehead atoms. The van der Waals surface area contributed by atoms with Gasteiger partial charge in [-0.15, -0.1) is 0 Å². The quantitative estimate of drug-likeness (QED) is 0.459. The molecule has 3 N–H and O–H groups in total. The van der Waals surface area contributed by atoms with Crippen LogP contribution < -0.4 is 11.3 Å². The highest BCUT2D eigenvalue weighted by Gasteiger charge is 2.02. The number of aromatic nitrogens is 1. The lowest BCUT2D eigenvalue weighted by Gasteiger charge is -2.00.